The number of aromatic nitrogens is 1. The van der Waals surface area contributed by atoms with Gasteiger partial charge in [0.05, 0.1) is 61.0 Å². The molecule has 1 aromatic carbocycles. The summed E-state index contributed by atoms with van der Waals surface area (Å²) in [5, 5.41) is 15.5. The number of Topliss-reactive ketones (excluding diaryl/α,β-unsaturated/α-hetero) is 1. The Hall–Kier alpha value is -3.73. The zero-order valence-electron chi connectivity index (χ0n) is 36.8. The molecule has 2 aromatic rings. The summed E-state index contributed by atoms with van der Waals surface area (Å²) >= 11 is 0. The van der Waals surface area contributed by atoms with Crippen molar-refractivity contribution in [1.82, 2.24) is 15.2 Å². The summed E-state index contributed by atoms with van der Waals surface area (Å²) in [6, 6.07) is 8.35. The van der Waals surface area contributed by atoms with Crippen molar-refractivity contribution in [3.8, 4) is 0 Å². The number of alkyl carbamates (subject to hydrolysis) is 1. The number of pyridine rings is 1. The van der Waals surface area contributed by atoms with Gasteiger partial charge in [-0.1, -0.05) is 45.9 Å². The monoisotopic (exact) mass is 839 g/mol. The van der Waals surface area contributed by atoms with Crippen molar-refractivity contribution in [2.45, 2.75) is 148 Å². The van der Waals surface area contributed by atoms with Gasteiger partial charge in [-0.25, -0.2) is 4.79 Å². The number of nitrogens with one attached hydrogen (secondary N) is 1. The molecule has 1 amide bonds. The summed E-state index contributed by atoms with van der Waals surface area (Å²) in [4.78, 5) is 61.8. The topological polar surface area (TPSA) is 181 Å². The molecule has 4 aliphatic rings. The molecular formula is C45H65N3O12. The van der Waals surface area contributed by atoms with E-state index in [1.54, 1.807) is 33.0 Å². The Kier molecular flexibility index (Phi) is 14.3. The van der Waals surface area contributed by atoms with Crippen LogP contribution in [0.5, 0.6) is 0 Å². The fourth-order valence-electron chi connectivity index (χ4n) is 10.2. The Morgan fingerprint density at radius 2 is 1.77 bits per heavy atom. The predicted octanol–water partition coefficient (Wildman–Crippen LogP) is 4.98. The number of carbonyl (C=O) groups excluding carboxylic acids is 4. The minimum absolute atomic E-state index is 0.00493. The zero-order chi connectivity index (χ0) is 43.7. The number of rotatable bonds is 7. The van der Waals surface area contributed by atoms with Crippen molar-refractivity contribution in [3.05, 3.63) is 42.1 Å². The number of aliphatic hydroxyl groups is 1. The fourth-order valence-corrected chi connectivity index (χ4v) is 10.2. The zero-order valence-corrected chi connectivity index (χ0v) is 36.8. The number of para-hydroxylation sites is 1. The number of hydrogen-bond acceptors (Lipinski definition) is 14. The number of ketones is 1. The number of cyclic esters (lactones) is 1. The second-order valence-electron chi connectivity index (χ2n) is 18.2. The van der Waals surface area contributed by atoms with Crippen LogP contribution in [-0.4, -0.2) is 126 Å². The molecule has 2 bridgehead atoms. The highest BCUT2D eigenvalue weighted by atomic mass is 16.7. The SMILES string of the molecule is CC[C@H]1OC(=O)[C@H](C)[C@H]2OCC(NC(=O)OCc3ccnc4ccccc34)CO[C@](C)(C[C@@H](C)C(=O)[C@H](C)[C@@H]3CC(=O)O[C@]13C)[C@H](O[C@@H]1O[C@H](C)C[C@H](N(C)C)[C@H]1O)[C@H]2C. The Bertz CT molecular complexity index is 1860. The van der Waals surface area contributed by atoms with Gasteiger partial charge in [-0.05, 0) is 73.2 Å². The maximum Gasteiger partial charge on any atom is 0.407 e. The van der Waals surface area contributed by atoms with Crippen LogP contribution < -0.4 is 5.32 Å². The Balaban J connectivity index is 1.37. The molecule has 60 heavy (non-hydrogen) atoms. The maximum absolute atomic E-state index is 14.6. The van der Waals surface area contributed by atoms with Crippen molar-refractivity contribution < 1.29 is 57.4 Å². The van der Waals surface area contributed by atoms with Crippen LogP contribution in [0, 0.1) is 29.6 Å². The fraction of sp³-hybridized carbons (Fsp3) is 0.711. The van der Waals surface area contributed by atoms with Crippen molar-refractivity contribution in [2.24, 2.45) is 29.6 Å². The number of nitrogens with zero attached hydrogens (tertiary/aromatic N) is 2. The molecule has 0 saturated carbocycles. The first-order valence-corrected chi connectivity index (χ1v) is 21.5. The van der Waals surface area contributed by atoms with Gasteiger partial charge in [-0.3, -0.25) is 19.4 Å². The number of carbonyl (C=O) groups is 4. The highest BCUT2D eigenvalue weighted by molar-refractivity contribution is 5.85. The molecule has 4 aliphatic heterocycles. The Labute approximate surface area is 353 Å². The second-order valence-corrected chi connectivity index (χ2v) is 18.2. The molecule has 6 rings (SSSR count). The standard InChI is InChI=1S/C45H65N3O12/c1-11-35-45(8)32(19-36(49)60-45)26(4)37(50)24(2)20-44(7)40(59-42-38(51)34(48(9)10)18-25(3)57-42)27(5)39(28(6)41(52)58-35)54-22-30(23-56-44)47-43(53)55-21-29-16-17-46-33-15-13-12-14-31(29)33/h12-17,24-28,30,32,34-35,38-40,42,51H,11,18-23H2,1-10H3,(H,47,53)/t24-,25-,26-,27+,28-,30?,32+,34+,35-,38-,39+,40-,42+,44-,45+/m1/s1. The molecular weight excluding hydrogens is 775 g/mol. The maximum atomic E-state index is 14.6. The van der Waals surface area contributed by atoms with Crippen LogP contribution in [0.15, 0.2) is 36.5 Å². The molecule has 0 radical (unpaired) electrons. The van der Waals surface area contributed by atoms with E-state index in [4.69, 9.17) is 33.2 Å². The number of amides is 1. The summed E-state index contributed by atoms with van der Waals surface area (Å²) in [5.74, 6) is -4.52. The van der Waals surface area contributed by atoms with Gasteiger partial charge >= 0.3 is 18.0 Å². The summed E-state index contributed by atoms with van der Waals surface area (Å²) in [6.07, 6.45) is -3.04. The first-order valence-electron chi connectivity index (χ1n) is 21.5. The summed E-state index contributed by atoms with van der Waals surface area (Å²) < 4.78 is 44.7. The largest absolute Gasteiger partial charge is 0.458 e. The minimum atomic E-state index is -1.29. The van der Waals surface area contributed by atoms with E-state index in [0.717, 1.165) is 16.5 Å². The lowest BCUT2D eigenvalue weighted by atomic mass is 9.70. The predicted molar refractivity (Wildman–Crippen MR) is 219 cm³/mol. The number of ether oxygens (including phenoxy) is 7. The van der Waals surface area contributed by atoms with Gasteiger partial charge in [0, 0.05) is 46.9 Å². The van der Waals surface area contributed by atoms with E-state index in [2.05, 4.69) is 10.3 Å². The number of likely N-dealkylation sites (N-methyl/N-ethyl adjacent to an activating group) is 1. The lowest BCUT2D eigenvalue weighted by Gasteiger charge is -2.48. The summed E-state index contributed by atoms with van der Waals surface area (Å²) in [6.45, 7) is 14.5. The molecule has 15 nitrogen and oxygen atoms in total. The van der Waals surface area contributed by atoms with E-state index < -0.39 is 95.6 Å². The quantitative estimate of drug-likeness (QED) is 0.282. The van der Waals surface area contributed by atoms with E-state index in [-0.39, 0.29) is 50.6 Å². The van der Waals surface area contributed by atoms with E-state index in [1.807, 2.05) is 77.9 Å². The number of esters is 2. The molecule has 1 aromatic heterocycles. The molecule has 0 spiro atoms. The van der Waals surface area contributed by atoms with Crippen LogP contribution in [0.2, 0.25) is 0 Å². The van der Waals surface area contributed by atoms with E-state index in [1.165, 1.54) is 0 Å². The Morgan fingerprint density at radius 1 is 1.03 bits per heavy atom. The summed E-state index contributed by atoms with van der Waals surface area (Å²) in [5.41, 5.74) is -0.969. The normalized spacial score (nSPS) is 39.5. The number of benzene rings is 1. The molecule has 332 valence electrons. The molecule has 1 unspecified atom stereocenters. The molecule has 5 heterocycles. The van der Waals surface area contributed by atoms with E-state index in [9.17, 15) is 24.3 Å². The highest BCUT2D eigenvalue weighted by Crippen LogP contribution is 2.46. The van der Waals surface area contributed by atoms with E-state index >= 15 is 0 Å². The number of fused-ring (bicyclic) bond motifs is 5. The molecule has 4 saturated heterocycles. The lowest BCUT2D eigenvalue weighted by Crippen LogP contribution is -2.60. The number of aliphatic hydroxyl groups excluding tert-OH is 1. The molecule has 2 N–H and O–H groups in total. The van der Waals surface area contributed by atoms with Crippen molar-refractivity contribution in [1.29, 1.82) is 0 Å². The summed E-state index contributed by atoms with van der Waals surface area (Å²) in [7, 11) is 3.78. The molecule has 0 aliphatic carbocycles. The smallest absolute Gasteiger partial charge is 0.407 e. The third kappa shape index (κ3) is 9.51. The van der Waals surface area contributed by atoms with Gasteiger partial charge in [0.25, 0.3) is 0 Å². The third-order valence-electron chi connectivity index (χ3n) is 13.5. The lowest BCUT2D eigenvalue weighted by molar-refractivity contribution is -0.302. The van der Waals surface area contributed by atoms with Crippen LogP contribution in [0.1, 0.15) is 86.6 Å². The Morgan fingerprint density at radius 3 is 2.48 bits per heavy atom. The van der Waals surface area contributed by atoms with Crippen LogP contribution in [0.25, 0.3) is 10.9 Å². The number of hydrogen-bond donors (Lipinski definition) is 2. The van der Waals surface area contributed by atoms with Gasteiger partial charge in [0.1, 0.15) is 30.2 Å². The van der Waals surface area contributed by atoms with Gasteiger partial charge in [-0.15, -0.1) is 0 Å². The highest BCUT2D eigenvalue weighted by Gasteiger charge is 2.57. The third-order valence-corrected chi connectivity index (χ3v) is 13.5. The molecule has 4 fully saturated rings. The minimum Gasteiger partial charge on any atom is -0.458 e. The van der Waals surface area contributed by atoms with Crippen LogP contribution in [-0.2, 0) is 54.1 Å². The first kappa shape index (κ1) is 45.8. The van der Waals surface area contributed by atoms with Gasteiger partial charge in [0.2, 0.25) is 0 Å². The molecule has 15 heteroatoms. The first-order chi connectivity index (χ1) is 28.4. The second kappa shape index (κ2) is 18.7. The van der Waals surface area contributed by atoms with Crippen LogP contribution in [0.3, 0.4) is 0 Å². The van der Waals surface area contributed by atoms with Gasteiger partial charge in [0.15, 0.2) is 6.29 Å². The van der Waals surface area contributed by atoms with E-state index in [0.29, 0.717) is 12.8 Å². The van der Waals surface area contributed by atoms with Crippen molar-refractivity contribution in [2.75, 3.05) is 27.3 Å². The van der Waals surface area contributed by atoms with Gasteiger partial charge in [-0.2, -0.15) is 0 Å². The van der Waals surface area contributed by atoms with Crippen LogP contribution in [0.4, 0.5) is 4.79 Å². The van der Waals surface area contributed by atoms with Gasteiger partial charge < -0.3 is 48.5 Å². The van der Waals surface area contributed by atoms with Crippen LogP contribution >= 0.6 is 0 Å². The van der Waals surface area contributed by atoms with Crippen molar-refractivity contribution >= 4 is 34.7 Å². The molecule has 15 atom stereocenters. The van der Waals surface area contributed by atoms with Crippen molar-refractivity contribution in [3.63, 3.8) is 0 Å². The average Bonchev–Trinajstić information content (AvgIpc) is 3.54. The average molecular weight is 840 g/mol.